The van der Waals surface area contributed by atoms with Crippen LogP contribution in [0.2, 0.25) is 0 Å². The van der Waals surface area contributed by atoms with E-state index in [9.17, 15) is 5.11 Å². The molecule has 0 aliphatic heterocycles. The van der Waals surface area contributed by atoms with Gasteiger partial charge >= 0.3 is 0 Å². The predicted octanol–water partition coefficient (Wildman–Crippen LogP) is 3.20. The van der Waals surface area contributed by atoms with Crippen LogP contribution in [0.3, 0.4) is 0 Å². The van der Waals surface area contributed by atoms with Gasteiger partial charge in [0.05, 0.1) is 6.10 Å². The molecular weight excluding hydrogens is 184 g/mol. The zero-order valence-corrected chi connectivity index (χ0v) is 9.77. The van der Waals surface area contributed by atoms with E-state index in [0.717, 1.165) is 6.42 Å². The van der Waals surface area contributed by atoms with Gasteiger partial charge in [0.15, 0.2) is 0 Å². The van der Waals surface area contributed by atoms with Crippen molar-refractivity contribution in [3.8, 4) is 0 Å². The number of rotatable bonds is 3. The van der Waals surface area contributed by atoms with Crippen molar-refractivity contribution < 1.29 is 5.11 Å². The second-order valence-corrected chi connectivity index (χ2v) is 5.19. The van der Waals surface area contributed by atoms with Crippen molar-refractivity contribution in [2.24, 2.45) is 11.3 Å². The summed E-state index contributed by atoms with van der Waals surface area (Å²) in [5, 5.41) is 9.72. The van der Waals surface area contributed by atoms with Crippen LogP contribution in [0.25, 0.3) is 0 Å². The normalized spacial score (nSPS) is 33.5. The maximum absolute atomic E-state index is 9.72. The molecule has 4 atom stereocenters. The van der Waals surface area contributed by atoms with Gasteiger partial charge < -0.3 is 5.11 Å². The summed E-state index contributed by atoms with van der Waals surface area (Å²) in [5.41, 5.74) is 1.54. The highest BCUT2D eigenvalue weighted by molar-refractivity contribution is 5.23. The van der Waals surface area contributed by atoms with Crippen molar-refractivity contribution in [1.82, 2.24) is 0 Å². The third-order valence-corrected chi connectivity index (χ3v) is 4.23. The molecule has 0 spiro atoms. The van der Waals surface area contributed by atoms with Gasteiger partial charge in [0.25, 0.3) is 0 Å². The Balaban J connectivity index is 2.09. The van der Waals surface area contributed by atoms with Crippen LogP contribution in [0.15, 0.2) is 30.3 Å². The summed E-state index contributed by atoms with van der Waals surface area (Å²) in [4.78, 5) is 0. The van der Waals surface area contributed by atoms with Gasteiger partial charge in [-0.3, -0.25) is 0 Å². The molecule has 1 heteroatoms. The standard InChI is InChI=1S/C14H20O/c1-10(12-7-5-4-6-8-12)13-9-14(13,3)11(2)15/h4-8,10-11,13,15H,9H2,1-3H3/t10-,11+,13+,14+/m0/s1. The first-order valence-corrected chi connectivity index (χ1v) is 5.78. The van der Waals surface area contributed by atoms with E-state index >= 15 is 0 Å². The minimum Gasteiger partial charge on any atom is -0.393 e. The molecule has 1 aromatic rings. The predicted molar refractivity (Wildman–Crippen MR) is 62.8 cm³/mol. The van der Waals surface area contributed by atoms with Crippen LogP contribution in [0.1, 0.15) is 38.7 Å². The molecule has 0 bridgehead atoms. The fraction of sp³-hybridized carbons (Fsp3) is 0.571. The molecule has 0 radical (unpaired) electrons. The largest absolute Gasteiger partial charge is 0.393 e. The van der Waals surface area contributed by atoms with E-state index in [0.29, 0.717) is 11.8 Å². The Kier molecular flexibility index (Phi) is 2.59. The van der Waals surface area contributed by atoms with Gasteiger partial charge in [0, 0.05) is 0 Å². The van der Waals surface area contributed by atoms with E-state index in [1.165, 1.54) is 5.56 Å². The van der Waals surface area contributed by atoms with Gasteiger partial charge in [0.2, 0.25) is 0 Å². The lowest BCUT2D eigenvalue weighted by atomic mass is 9.89. The average Bonchev–Trinajstić information content (AvgIpc) is 2.93. The molecule has 1 saturated carbocycles. The number of benzene rings is 1. The Morgan fingerprint density at radius 3 is 2.33 bits per heavy atom. The lowest BCUT2D eigenvalue weighted by Gasteiger charge is -2.19. The first-order chi connectivity index (χ1) is 7.05. The van der Waals surface area contributed by atoms with Gasteiger partial charge in [-0.2, -0.15) is 0 Å². The summed E-state index contributed by atoms with van der Waals surface area (Å²) in [7, 11) is 0. The van der Waals surface area contributed by atoms with Crippen molar-refractivity contribution in [1.29, 1.82) is 0 Å². The van der Waals surface area contributed by atoms with Gasteiger partial charge in [0.1, 0.15) is 0 Å². The van der Waals surface area contributed by atoms with E-state index in [1.807, 2.05) is 6.92 Å². The van der Waals surface area contributed by atoms with Crippen molar-refractivity contribution in [2.45, 2.75) is 39.2 Å². The molecule has 1 aliphatic rings. The van der Waals surface area contributed by atoms with Crippen molar-refractivity contribution in [3.63, 3.8) is 0 Å². The van der Waals surface area contributed by atoms with Gasteiger partial charge in [-0.1, -0.05) is 44.2 Å². The maximum Gasteiger partial charge on any atom is 0.0568 e. The summed E-state index contributed by atoms with van der Waals surface area (Å²) < 4.78 is 0. The third-order valence-electron chi connectivity index (χ3n) is 4.23. The van der Waals surface area contributed by atoms with E-state index in [4.69, 9.17) is 0 Å². The van der Waals surface area contributed by atoms with Crippen LogP contribution in [0.4, 0.5) is 0 Å². The van der Waals surface area contributed by atoms with Gasteiger partial charge in [-0.05, 0) is 36.2 Å². The number of hydrogen-bond acceptors (Lipinski definition) is 1. The van der Waals surface area contributed by atoms with E-state index in [1.54, 1.807) is 0 Å². The molecule has 0 aromatic heterocycles. The van der Waals surface area contributed by atoms with Crippen molar-refractivity contribution in [3.05, 3.63) is 35.9 Å². The smallest absolute Gasteiger partial charge is 0.0568 e. The van der Waals surface area contributed by atoms with Crippen LogP contribution in [0.5, 0.6) is 0 Å². The molecule has 1 aliphatic carbocycles. The fourth-order valence-electron chi connectivity index (χ4n) is 2.63. The highest BCUT2D eigenvalue weighted by Crippen LogP contribution is 2.60. The number of hydrogen-bond donors (Lipinski definition) is 1. The minimum absolute atomic E-state index is 0.148. The first kappa shape index (κ1) is 10.7. The summed E-state index contributed by atoms with van der Waals surface area (Å²) >= 11 is 0. The molecule has 0 heterocycles. The topological polar surface area (TPSA) is 20.2 Å². The summed E-state index contributed by atoms with van der Waals surface area (Å²) in [6.07, 6.45) is 0.967. The molecule has 1 aromatic carbocycles. The molecule has 82 valence electrons. The molecule has 0 saturated heterocycles. The van der Waals surface area contributed by atoms with Gasteiger partial charge in [-0.15, -0.1) is 0 Å². The highest BCUT2D eigenvalue weighted by Gasteiger charge is 2.55. The lowest BCUT2D eigenvalue weighted by molar-refractivity contribution is 0.108. The van der Waals surface area contributed by atoms with E-state index < -0.39 is 0 Å². The molecular formula is C14H20O. The SMILES string of the molecule is C[C@@H](c1ccccc1)[C@H]1C[C@]1(C)[C@@H](C)O. The molecule has 0 unspecified atom stereocenters. The van der Waals surface area contributed by atoms with Gasteiger partial charge in [-0.25, -0.2) is 0 Å². The zero-order chi connectivity index (χ0) is 11.1. The summed E-state index contributed by atoms with van der Waals surface area (Å²) in [5.74, 6) is 1.20. The monoisotopic (exact) mass is 204 g/mol. The van der Waals surface area contributed by atoms with Crippen molar-refractivity contribution >= 4 is 0 Å². The third kappa shape index (κ3) is 1.81. The molecule has 0 amide bonds. The van der Waals surface area contributed by atoms with Crippen LogP contribution < -0.4 is 0 Å². The quantitative estimate of drug-likeness (QED) is 0.801. The Labute approximate surface area is 92.1 Å². The Morgan fingerprint density at radius 1 is 1.27 bits per heavy atom. The number of aliphatic hydroxyl groups excluding tert-OH is 1. The van der Waals surface area contributed by atoms with E-state index in [-0.39, 0.29) is 11.5 Å². The number of aliphatic hydroxyl groups is 1. The van der Waals surface area contributed by atoms with E-state index in [2.05, 4.69) is 44.2 Å². The molecule has 15 heavy (non-hydrogen) atoms. The minimum atomic E-state index is -0.186. The molecule has 1 N–H and O–H groups in total. The second kappa shape index (κ2) is 3.64. The zero-order valence-electron chi connectivity index (χ0n) is 9.77. The molecule has 2 rings (SSSR count). The molecule has 1 fully saturated rings. The Hall–Kier alpha value is -0.820. The highest BCUT2D eigenvalue weighted by atomic mass is 16.3. The molecule has 1 nitrogen and oxygen atoms in total. The first-order valence-electron chi connectivity index (χ1n) is 5.78. The fourth-order valence-corrected chi connectivity index (χ4v) is 2.63. The average molecular weight is 204 g/mol. The summed E-state index contributed by atoms with van der Waals surface area (Å²) in [6.45, 7) is 6.38. The van der Waals surface area contributed by atoms with Crippen LogP contribution in [0, 0.1) is 11.3 Å². The lowest BCUT2D eigenvalue weighted by Crippen LogP contribution is -2.18. The van der Waals surface area contributed by atoms with Crippen LogP contribution >= 0.6 is 0 Å². The maximum atomic E-state index is 9.72. The van der Waals surface area contributed by atoms with Crippen LogP contribution in [-0.2, 0) is 0 Å². The Morgan fingerprint density at radius 2 is 1.87 bits per heavy atom. The summed E-state index contributed by atoms with van der Waals surface area (Å²) in [6, 6.07) is 10.6. The Bertz CT molecular complexity index is 330. The van der Waals surface area contributed by atoms with Crippen molar-refractivity contribution in [2.75, 3.05) is 0 Å². The second-order valence-electron chi connectivity index (χ2n) is 5.19. The van der Waals surface area contributed by atoms with Crippen LogP contribution in [-0.4, -0.2) is 11.2 Å².